The van der Waals surface area contributed by atoms with Crippen LogP contribution in [0.25, 0.3) is 11.5 Å². The van der Waals surface area contributed by atoms with Crippen molar-refractivity contribution in [2.24, 2.45) is 5.92 Å². The van der Waals surface area contributed by atoms with E-state index < -0.39 is 0 Å². The standard InChI is InChI=1S/C16H21N3O/c1-12-7-8-15(20-12)16-14(11-18-19-16)10-17-9-13-5-3-2-4-6-13/h2-3,7-8,11,13,17H,4-6,9-10H2,1H3,(H,18,19). The smallest absolute Gasteiger partial charge is 0.152 e. The molecule has 0 bridgehead atoms. The number of allylic oxidation sites excluding steroid dienone is 2. The predicted octanol–water partition coefficient (Wildman–Crippen LogP) is 3.42. The Balaban J connectivity index is 1.58. The maximum atomic E-state index is 5.66. The van der Waals surface area contributed by atoms with E-state index in [4.69, 9.17) is 4.42 Å². The van der Waals surface area contributed by atoms with Gasteiger partial charge in [-0.15, -0.1) is 0 Å². The van der Waals surface area contributed by atoms with Crippen molar-refractivity contribution in [1.82, 2.24) is 15.5 Å². The highest BCUT2D eigenvalue weighted by atomic mass is 16.3. The van der Waals surface area contributed by atoms with Crippen molar-refractivity contribution in [3.8, 4) is 11.5 Å². The van der Waals surface area contributed by atoms with Crippen LogP contribution in [0.1, 0.15) is 30.6 Å². The summed E-state index contributed by atoms with van der Waals surface area (Å²) in [5, 5.41) is 10.7. The number of nitrogens with one attached hydrogen (secondary N) is 2. The Morgan fingerprint density at radius 1 is 1.40 bits per heavy atom. The van der Waals surface area contributed by atoms with Crippen LogP contribution in [-0.4, -0.2) is 16.7 Å². The molecule has 2 heterocycles. The van der Waals surface area contributed by atoms with E-state index in [-0.39, 0.29) is 0 Å². The van der Waals surface area contributed by atoms with Crippen molar-refractivity contribution in [3.05, 3.63) is 41.8 Å². The molecule has 0 spiro atoms. The molecule has 1 atom stereocenters. The molecule has 2 aromatic heterocycles. The monoisotopic (exact) mass is 271 g/mol. The van der Waals surface area contributed by atoms with E-state index in [0.717, 1.165) is 41.8 Å². The maximum Gasteiger partial charge on any atom is 0.152 e. The Hall–Kier alpha value is -1.81. The first kappa shape index (κ1) is 13.2. The zero-order valence-corrected chi connectivity index (χ0v) is 11.9. The van der Waals surface area contributed by atoms with Gasteiger partial charge in [0.15, 0.2) is 5.76 Å². The Morgan fingerprint density at radius 3 is 3.10 bits per heavy atom. The van der Waals surface area contributed by atoms with Gasteiger partial charge in [0, 0.05) is 12.1 Å². The van der Waals surface area contributed by atoms with Crippen LogP contribution in [0.2, 0.25) is 0 Å². The van der Waals surface area contributed by atoms with E-state index in [1.807, 2.05) is 25.3 Å². The number of aryl methyl sites for hydroxylation is 1. The first-order chi connectivity index (χ1) is 9.83. The molecule has 20 heavy (non-hydrogen) atoms. The summed E-state index contributed by atoms with van der Waals surface area (Å²) in [4.78, 5) is 0. The van der Waals surface area contributed by atoms with E-state index in [1.54, 1.807) is 0 Å². The van der Waals surface area contributed by atoms with Gasteiger partial charge in [0.25, 0.3) is 0 Å². The van der Waals surface area contributed by atoms with E-state index in [9.17, 15) is 0 Å². The maximum absolute atomic E-state index is 5.66. The van der Waals surface area contributed by atoms with Gasteiger partial charge in [0.05, 0.1) is 6.20 Å². The number of nitrogens with zero attached hydrogens (tertiary/aromatic N) is 1. The first-order valence-electron chi connectivity index (χ1n) is 7.27. The molecule has 0 aliphatic heterocycles. The molecule has 0 saturated carbocycles. The molecule has 2 N–H and O–H groups in total. The highest BCUT2D eigenvalue weighted by molar-refractivity contribution is 5.56. The van der Waals surface area contributed by atoms with Crippen LogP contribution in [0.4, 0.5) is 0 Å². The molecule has 2 aromatic rings. The molecule has 0 fully saturated rings. The second kappa shape index (κ2) is 6.09. The van der Waals surface area contributed by atoms with Crippen molar-refractivity contribution >= 4 is 0 Å². The normalized spacial score (nSPS) is 18.6. The first-order valence-corrected chi connectivity index (χ1v) is 7.27. The van der Waals surface area contributed by atoms with Gasteiger partial charge in [-0.1, -0.05) is 12.2 Å². The predicted molar refractivity (Wildman–Crippen MR) is 79.2 cm³/mol. The Morgan fingerprint density at radius 2 is 2.35 bits per heavy atom. The molecular formula is C16H21N3O. The van der Waals surface area contributed by atoms with Crippen molar-refractivity contribution in [2.75, 3.05) is 6.54 Å². The van der Waals surface area contributed by atoms with E-state index >= 15 is 0 Å². The SMILES string of the molecule is Cc1ccc(-c2[nH]ncc2CNCC2CC=CCC2)o1. The Labute approximate surface area is 119 Å². The number of rotatable bonds is 5. The molecule has 0 radical (unpaired) electrons. The van der Waals surface area contributed by atoms with E-state index in [1.165, 1.54) is 19.3 Å². The molecule has 4 nitrogen and oxygen atoms in total. The number of aromatic nitrogens is 2. The number of hydrogen-bond acceptors (Lipinski definition) is 3. The van der Waals surface area contributed by atoms with Crippen LogP contribution in [0.5, 0.6) is 0 Å². The second-order valence-corrected chi connectivity index (χ2v) is 5.46. The Kier molecular flexibility index (Phi) is 4.02. The molecule has 4 heteroatoms. The summed E-state index contributed by atoms with van der Waals surface area (Å²) in [5.74, 6) is 2.54. The van der Waals surface area contributed by atoms with Crippen molar-refractivity contribution in [1.29, 1.82) is 0 Å². The third kappa shape index (κ3) is 3.02. The van der Waals surface area contributed by atoms with Gasteiger partial charge in [-0.2, -0.15) is 5.10 Å². The molecule has 1 aliphatic rings. The summed E-state index contributed by atoms with van der Waals surface area (Å²) < 4.78 is 5.66. The van der Waals surface area contributed by atoms with Gasteiger partial charge in [0.2, 0.25) is 0 Å². The van der Waals surface area contributed by atoms with Crippen LogP contribution in [0.3, 0.4) is 0 Å². The lowest BCUT2D eigenvalue weighted by Crippen LogP contribution is -2.23. The van der Waals surface area contributed by atoms with Gasteiger partial charge in [-0.05, 0) is 50.8 Å². The molecule has 3 rings (SSSR count). The number of H-pyrrole nitrogens is 1. The molecule has 1 aliphatic carbocycles. The van der Waals surface area contributed by atoms with Crippen LogP contribution in [-0.2, 0) is 6.54 Å². The lowest BCUT2D eigenvalue weighted by molar-refractivity contribution is 0.440. The van der Waals surface area contributed by atoms with Crippen LogP contribution in [0, 0.1) is 12.8 Å². The summed E-state index contributed by atoms with van der Waals surface area (Å²) in [7, 11) is 0. The quantitative estimate of drug-likeness (QED) is 0.819. The zero-order valence-electron chi connectivity index (χ0n) is 11.9. The Bertz CT molecular complexity index is 582. The fourth-order valence-electron chi connectivity index (χ4n) is 2.68. The summed E-state index contributed by atoms with van der Waals surface area (Å²) in [6.07, 6.45) is 10.2. The molecule has 0 aromatic carbocycles. The average Bonchev–Trinajstić information content (AvgIpc) is 3.09. The van der Waals surface area contributed by atoms with Gasteiger partial charge in [0.1, 0.15) is 11.5 Å². The minimum absolute atomic E-state index is 0.765. The van der Waals surface area contributed by atoms with Crippen LogP contribution in [0.15, 0.2) is 34.9 Å². The fourth-order valence-corrected chi connectivity index (χ4v) is 2.68. The summed E-state index contributed by atoms with van der Waals surface area (Å²) in [6.45, 7) is 3.84. The topological polar surface area (TPSA) is 53.9 Å². The van der Waals surface area contributed by atoms with Crippen molar-refractivity contribution in [3.63, 3.8) is 0 Å². The lowest BCUT2D eigenvalue weighted by Gasteiger charge is -2.18. The molecule has 0 amide bonds. The minimum Gasteiger partial charge on any atom is -0.460 e. The molecule has 106 valence electrons. The highest BCUT2D eigenvalue weighted by Crippen LogP contribution is 2.23. The molecule has 1 unspecified atom stereocenters. The number of furan rings is 1. The van der Waals surface area contributed by atoms with Gasteiger partial charge < -0.3 is 9.73 Å². The molecular weight excluding hydrogens is 250 g/mol. The van der Waals surface area contributed by atoms with Crippen molar-refractivity contribution in [2.45, 2.75) is 32.7 Å². The largest absolute Gasteiger partial charge is 0.460 e. The number of aromatic amines is 1. The summed E-state index contributed by atoms with van der Waals surface area (Å²) in [6, 6.07) is 3.96. The summed E-state index contributed by atoms with van der Waals surface area (Å²) in [5.41, 5.74) is 2.14. The van der Waals surface area contributed by atoms with Gasteiger partial charge in [-0.3, -0.25) is 5.10 Å². The van der Waals surface area contributed by atoms with E-state index in [2.05, 4.69) is 27.7 Å². The highest BCUT2D eigenvalue weighted by Gasteiger charge is 2.13. The molecule has 0 saturated heterocycles. The lowest BCUT2D eigenvalue weighted by atomic mass is 9.94. The third-order valence-electron chi connectivity index (χ3n) is 3.83. The zero-order chi connectivity index (χ0) is 13.8. The van der Waals surface area contributed by atoms with Crippen LogP contribution >= 0.6 is 0 Å². The van der Waals surface area contributed by atoms with Crippen LogP contribution < -0.4 is 5.32 Å². The fraction of sp³-hybridized carbons (Fsp3) is 0.438. The average molecular weight is 271 g/mol. The van der Waals surface area contributed by atoms with Gasteiger partial charge in [-0.25, -0.2) is 0 Å². The second-order valence-electron chi connectivity index (χ2n) is 5.46. The van der Waals surface area contributed by atoms with Crippen molar-refractivity contribution < 1.29 is 4.42 Å². The summed E-state index contributed by atoms with van der Waals surface area (Å²) >= 11 is 0. The van der Waals surface area contributed by atoms with Gasteiger partial charge >= 0.3 is 0 Å². The minimum atomic E-state index is 0.765. The number of hydrogen-bond donors (Lipinski definition) is 2. The van der Waals surface area contributed by atoms with E-state index in [0.29, 0.717) is 0 Å². The third-order valence-corrected chi connectivity index (χ3v) is 3.83.